The molecule has 0 radical (unpaired) electrons. The maximum atomic E-state index is 13.2. The molecule has 112 valence electrons. The van der Waals surface area contributed by atoms with Gasteiger partial charge in [0.25, 0.3) is 0 Å². The maximum absolute atomic E-state index is 13.2. The molecule has 1 N–H and O–H groups in total. The van der Waals surface area contributed by atoms with Gasteiger partial charge in [-0.2, -0.15) is 0 Å². The summed E-state index contributed by atoms with van der Waals surface area (Å²) in [6, 6.07) is 10.1. The number of rotatable bonds is 6. The number of halogens is 2. The molecule has 0 atom stereocenters. The number of methoxy groups -OCH3 is 2. The van der Waals surface area contributed by atoms with E-state index in [1.807, 2.05) is 18.2 Å². The molecule has 2 aromatic carbocycles. The molecule has 3 nitrogen and oxygen atoms in total. The third-order valence-electron chi connectivity index (χ3n) is 3.06. The molecule has 0 amide bonds. The molecule has 0 saturated heterocycles. The summed E-state index contributed by atoms with van der Waals surface area (Å²) >= 11 is 5.83. The van der Waals surface area contributed by atoms with Crippen molar-refractivity contribution in [2.24, 2.45) is 0 Å². The second-order valence-electron chi connectivity index (χ2n) is 4.56. The molecule has 0 bridgehead atoms. The van der Waals surface area contributed by atoms with Crippen LogP contribution in [0.1, 0.15) is 11.1 Å². The molecule has 5 heteroatoms. The molecule has 0 aliphatic carbocycles. The lowest BCUT2D eigenvalue weighted by molar-refractivity contribution is 0.390. The lowest BCUT2D eigenvalue weighted by Gasteiger charge is -2.11. The Kier molecular flexibility index (Phi) is 5.42. The first-order valence-corrected chi connectivity index (χ1v) is 6.86. The van der Waals surface area contributed by atoms with Gasteiger partial charge in [-0.15, -0.1) is 0 Å². The largest absolute Gasteiger partial charge is 0.497 e. The SMILES string of the molecule is COc1ccc(CNCc2cc(F)cc(Cl)c2)c(OC)c1. The Hall–Kier alpha value is -1.78. The van der Waals surface area contributed by atoms with E-state index in [9.17, 15) is 4.39 Å². The molecular formula is C16H17ClFNO2. The maximum Gasteiger partial charge on any atom is 0.127 e. The average molecular weight is 310 g/mol. The Morgan fingerprint density at radius 3 is 2.52 bits per heavy atom. The first-order chi connectivity index (χ1) is 10.1. The molecule has 2 rings (SSSR count). The minimum atomic E-state index is -0.332. The van der Waals surface area contributed by atoms with Crippen LogP contribution in [0.25, 0.3) is 0 Å². The first kappa shape index (κ1) is 15.6. The second kappa shape index (κ2) is 7.29. The molecule has 2 aromatic rings. The van der Waals surface area contributed by atoms with E-state index < -0.39 is 0 Å². The van der Waals surface area contributed by atoms with Gasteiger partial charge in [0, 0.05) is 29.7 Å². The fourth-order valence-corrected chi connectivity index (χ4v) is 2.30. The van der Waals surface area contributed by atoms with E-state index >= 15 is 0 Å². The summed E-state index contributed by atoms with van der Waals surface area (Å²) in [5.41, 5.74) is 1.80. The van der Waals surface area contributed by atoms with Crippen LogP contribution in [0.5, 0.6) is 11.5 Å². The Morgan fingerprint density at radius 1 is 1.05 bits per heavy atom. The molecule has 0 heterocycles. The van der Waals surface area contributed by atoms with Crippen LogP contribution >= 0.6 is 11.6 Å². The summed E-state index contributed by atoms with van der Waals surface area (Å²) in [4.78, 5) is 0. The van der Waals surface area contributed by atoms with Crippen molar-refractivity contribution in [1.29, 1.82) is 0 Å². The predicted octanol–water partition coefficient (Wildman–Crippen LogP) is 3.79. The van der Waals surface area contributed by atoms with Crippen molar-refractivity contribution >= 4 is 11.6 Å². The monoisotopic (exact) mass is 309 g/mol. The number of hydrogen-bond donors (Lipinski definition) is 1. The molecule has 0 unspecified atom stereocenters. The molecule has 0 fully saturated rings. The van der Waals surface area contributed by atoms with E-state index in [0.717, 1.165) is 22.6 Å². The van der Waals surface area contributed by atoms with Crippen LogP contribution in [0.15, 0.2) is 36.4 Å². The van der Waals surface area contributed by atoms with E-state index in [4.69, 9.17) is 21.1 Å². The predicted molar refractivity (Wildman–Crippen MR) is 81.5 cm³/mol. The summed E-state index contributed by atoms with van der Waals surface area (Å²) in [7, 11) is 3.23. The van der Waals surface area contributed by atoms with Gasteiger partial charge in [0.2, 0.25) is 0 Å². The van der Waals surface area contributed by atoms with Crippen LogP contribution in [-0.4, -0.2) is 14.2 Å². The quantitative estimate of drug-likeness (QED) is 0.880. The molecule has 0 aliphatic rings. The van der Waals surface area contributed by atoms with Crippen molar-refractivity contribution in [1.82, 2.24) is 5.32 Å². The highest BCUT2D eigenvalue weighted by Gasteiger charge is 2.05. The van der Waals surface area contributed by atoms with Crippen molar-refractivity contribution in [3.05, 3.63) is 58.4 Å². The van der Waals surface area contributed by atoms with Crippen LogP contribution in [0, 0.1) is 5.82 Å². The number of nitrogens with one attached hydrogen (secondary N) is 1. The van der Waals surface area contributed by atoms with Gasteiger partial charge in [0.1, 0.15) is 17.3 Å². The smallest absolute Gasteiger partial charge is 0.127 e. The number of benzene rings is 2. The van der Waals surface area contributed by atoms with Crippen LogP contribution in [0.4, 0.5) is 4.39 Å². The van der Waals surface area contributed by atoms with Gasteiger partial charge in [-0.05, 0) is 29.8 Å². The third kappa shape index (κ3) is 4.34. The first-order valence-electron chi connectivity index (χ1n) is 6.49. The molecule has 0 aromatic heterocycles. The van der Waals surface area contributed by atoms with Crippen molar-refractivity contribution in [3.8, 4) is 11.5 Å². The highest BCUT2D eigenvalue weighted by atomic mass is 35.5. The molecule has 0 saturated carbocycles. The summed E-state index contributed by atoms with van der Waals surface area (Å²) < 4.78 is 23.7. The summed E-state index contributed by atoms with van der Waals surface area (Å²) in [6.45, 7) is 1.12. The van der Waals surface area contributed by atoms with E-state index in [1.54, 1.807) is 20.3 Å². The van der Waals surface area contributed by atoms with Crippen LogP contribution in [-0.2, 0) is 13.1 Å². The Labute approximate surface area is 128 Å². The molecule has 21 heavy (non-hydrogen) atoms. The van der Waals surface area contributed by atoms with Gasteiger partial charge in [-0.1, -0.05) is 17.7 Å². The van der Waals surface area contributed by atoms with Crippen LogP contribution in [0.3, 0.4) is 0 Å². The van der Waals surface area contributed by atoms with E-state index in [1.165, 1.54) is 12.1 Å². The van der Waals surface area contributed by atoms with E-state index in [0.29, 0.717) is 18.1 Å². The highest BCUT2D eigenvalue weighted by molar-refractivity contribution is 6.30. The molecule has 0 aliphatic heterocycles. The van der Waals surface area contributed by atoms with Crippen molar-refractivity contribution in [3.63, 3.8) is 0 Å². The standard InChI is InChI=1S/C16H17ClFNO2/c1-20-15-4-3-12(16(8-15)21-2)10-19-9-11-5-13(17)7-14(18)6-11/h3-8,19H,9-10H2,1-2H3. The van der Waals surface area contributed by atoms with E-state index in [-0.39, 0.29) is 5.82 Å². The normalized spacial score (nSPS) is 10.5. The van der Waals surface area contributed by atoms with Gasteiger partial charge < -0.3 is 14.8 Å². The van der Waals surface area contributed by atoms with Gasteiger partial charge in [0.15, 0.2) is 0 Å². The second-order valence-corrected chi connectivity index (χ2v) is 5.00. The molecular weight excluding hydrogens is 293 g/mol. The van der Waals surface area contributed by atoms with Crippen molar-refractivity contribution in [2.75, 3.05) is 14.2 Å². The minimum Gasteiger partial charge on any atom is -0.497 e. The Morgan fingerprint density at radius 2 is 1.86 bits per heavy atom. The van der Waals surface area contributed by atoms with Gasteiger partial charge in [-0.3, -0.25) is 0 Å². The summed E-state index contributed by atoms with van der Waals surface area (Å²) in [6.07, 6.45) is 0. The minimum absolute atomic E-state index is 0.332. The van der Waals surface area contributed by atoms with E-state index in [2.05, 4.69) is 5.32 Å². The summed E-state index contributed by atoms with van der Waals surface area (Å²) in [5.74, 6) is 1.16. The summed E-state index contributed by atoms with van der Waals surface area (Å²) in [5, 5.41) is 3.64. The van der Waals surface area contributed by atoms with Crippen LogP contribution in [0.2, 0.25) is 5.02 Å². The van der Waals surface area contributed by atoms with Crippen LogP contribution < -0.4 is 14.8 Å². The number of ether oxygens (including phenoxy) is 2. The van der Waals surface area contributed by atoms with Gasteiger partial charge in [-0.25, -0.2) is 4.39 Å². The fraction of sp³-hybridized carbons (Fsp3) is 0.250. The van der Waals surface area contributed by atoms with Crippen molar-refractivity contribution in [2.45, 2.75) is 13.1 Å². The Bertz CT molecular complexity index is 599. The zero-order valence-electron chi connectivity index (χ0n) is 12.0. The lowest BCUT2D eigenvalue weighted by Crippen LogP contribution is -2.13. The topological polar surface area (TPSA) is 30.5 Å². The fourth-order valence-electron chi connectivity index (χ4n) is 2.05. The van der Waals surface area contributed by atoms with Crippen molar-refractivity contribution < 1.29 is 13.9 Å². The Balaban J connectivity index is 1.99. The van der Waals surface area contributed by atoms with Gasteiger partial charge in [0.05, 0.1) is 14.2 Å². The number of hydrogen-bond acceptors (Lipinski definition) is 3. The average Bonchev–Trinajstić information content (AvgIpc) is 2.46. The third-order valence-corrected chi connectivity index (χ3v) is 3.28. The van der Waals surface area contributed by atoms with Gasteiger partial charge >= 0.3 is 0 Å². The zero-order valence-corrected chi connectivity index (χ0v) is 12.7. The highest BCUT2D eigenvalue weighted by Crippen LogP contribution is 2.24. The zero-order chi connectivity index (χ0) is 15.2. The lowest BCUT2D eigenvalue weighted by atomic mass is 10.1. The molecule has 0 spiro atoms.